The van der Waals surface area contributed by atoms with Crippen LogP contribution in [0.1, 0.15) is 54.9 Å². The van der Waals surface area contributed by atoms with Crippen LogP contribution in [0.2, 0.25) is 0 Å². The fourth-order valence-corrected chi connectivity index (χ4v) is 2.06. The standard InChI is InChI=1S/C18H38N2O4/c1-8-22-16(23-9-2)12-20(11-10-14(3)4)17(21)15(19)13-24-18(5,6)7/h14-16H,8-13,19H2,1-7H3. The summed E-state index contributed by atoms with van der Waals surface area (Å²) in [5.74, 6) is 0.379. The van der Waals surface area contributed by atoms with Gasteiger partial charge in [0.05, 0.1) is 18.8 Å². The van der Waals surface area contributed by atoms with Gasteiger partial charge in [-0.1, -0.05) is 13.8 Å². The van der Waals surface area contributed by atoms with Crippen molar-refractivity contribution in [1.82, 2.24) is 4.90 Å². The summed E-state index contributed by atoms with van der Waals surface area (Å²) in [4.78, 5) is 14.5. The number of carbonyl (C=O) groups is 1. The van der Waals surface area contributed by atoms with E-state index < -0.39 is 12.3 Å². The molecule has 0 bridgehead atoms. The Kier molecular flexibility index (Phi) is 11.5. The number of nitrogens with two attached hydrogens (primary N) is 1. The summed E-state index contributed by atoms with van der Waals surface area (Å²) >= 11 is 0. The van der Waals surface area contributed by atoms with Crippen LogP contribution in [0, 0.1) is 5.92 Å². The molecule has 0 spiro atoms. The second-order valence-electron chi connectivity index (χ2n) is 7.34. The lowest BCUT2D eigenvalue weighted by molar-refractivity contribution is -0.161. The van der Waals surface area contributed by atoms with Crippen LogP contribution in [0.4, 0.5) is 0 Å². The molecule has 1 atom stereocenters. The number of carbonyl (C=O) groups excluding carboxylic acids is 1. The Labute approximate surface area is 148 Å². The third-order valence-corrected chi connectivity index (χ3v) is 3.38. The lowest BCUT2D eigenvalue weighted by Gasteiger charge is -2.31. The molecule has 6 nitrogen and oxygen atoms in total. The summed E-state index contributed by atoms with van der Waals surface area (Å²) in [5.41, 5.74) is 5.74. The predicted octanol–water partition coefficient (Wildman–Crippen LogP) is 2.40. The van der Waals surface area contributed by atoms with E-state index in [1.54, 1.807) is 4.90 Å². The van der Waals surface area contributed by atoms with Crippen LogP contribution in [-0.4, -0.2) is 61.7 Å². The minimum Gasteiger partial charge on any atom is -0.374 e. The van der Waals surface area contributed by atoms with Crippen LogP contribution in [-0.2, 0) is 19.0 Å². The molecule has 0 radical (unpaired) electrons. The smallest absolute Gasteiger partial charge is 0.242 e. The lowest BCUT2D eigenvalue weighted by Crippen LogP contribution is -2.50. The Bertz CT molecular complexity index is 336. The maximum absolute atomic E-state index is 12.7. The molecule has 1 unspecified atom stereocenters. The van der Waals surface area contributed by atoms with Crippen LogP contribution < -0.4 is 5.73 Å². The molecular formula is C18H38N2O4. The van der Waals surface area contributed by atoms with Gasteiger partial charge in [-0.3, -0.25) is 4.79 Å². The van der Waals surface area contributed by atoms with Gasteiger partial charge in [0.2, 0.25) is 5.91 Å². The SMILES string of the molecule is CCOC(CN(CCC(C)C)C(=O)C(N)COC(C)(C)C)OCC. The molecule has 0 saturated heterocycles. The Hall–Kier alpha value is -0.690. The normalized spacial score (nSPS) is 13.6. The molecule has 0 aliphatic heterocycles. The van der Waals surface area contributed by atoms with Gasteiger partial charge in [0.25, 0.3) is 0 Å². The highest BCUT2D eigenvalue weighted by Gasteiger charge is 2.26. The van der Waals surface area contributed by atoms with Crippen molar-refractivity contribution < 1.29 is 19.0 Å². The van der Waals surface area contributed by atoms with Crippen molar-refractivity contribution in [3.8, 4) is 0 Å². The largest absolute Gasteiger partial charge is 0.374 e. The minimum atomic E-state index is -0.680. The van der Waals surface area contributed by atoms with Crippen molar-refractivity contribution in [3.63, 3.8) is 0 Å². The molecule has 0 rings (SSSR count). The maximum atomic E-state index is 12.7. The molecule has 0 aliphatic carbocycles. The zero-order valence-corrected chi connectivity index (χ0v) is 16.6. The molecule has 0 aromatic heterocycles. The van der Waals surface area contributed by atoms with Crippen molar-refractivity contribution in [2.24, 2.45) is 11.7 Å². The summed E-state index contributed by atoms with van der Waals surface area (Å²) < 4.78 is 16.8. The number of hydrogen-bond donors (Lipinski definition) is 1. The van der Waals surface area contributed by atoms with Crippen molar-refractivity contribution in [2.45, 2.75) is 72.8 Å². The van der Waals surface area contributed by atoms with Gasteiger partial charge in [0, 0.05) is 19.8 Å². The first-order chi connectivity index (χ1) is 11.1. The van der Waals surface area contributed by atoms with E-state index in [4.69, 9.17) is 19.9 Å². The van der Waals surface area contributed by atoms with Crippen molar-refractivity contribution >= 4 is 5.91 Å². The molecule has 24 heavy (non-hydrogen) atoms. The lowest BCUT2D eigenvalue weighted by atomic mass is 10.1. The fraction of sp³-hybridized carbons (Fsp3) is 0.944. The average molecular weight is 347 g/mol. The zero-order chi connectivity index (χ0) is 18.8. The number of hydrogen-bond acceptors (Lipinski definition) is 5. The van der Waals surface area contributed by atoms with E-state index in [0.29, 0.717) is 32.2 Å². The van der Waals surface area contributed by atoms with Crippen LogP contribution in [0.5, 0.6) is 0 Å². The monoisotopic (exact) mass is 346 g/mol. The van der Waals surface area contributed by atoms with E-state index in [9.17, 15) is 4.79 Å². The first-order valence-corrected chi connectivity index (χ1v) is 9.02. The molecule has 0 aliphatic rings. The van der Waals surface area contributed by atoms with E-state index in [1.165, 1.54) is 0 Å². The minimum absolute atomic E-state index is 0.121. The summed E-state index contributed by atoms with van der Waals surface area (Å²) in [5, 5.41) is 0. The zero-order valence-electron chi connectivity index (χ0n) is 16.6. The van der Waals surface area contributed by atoms with Gasteiger partial charge in [-0.05, 0) is 47.0 Å². The third kappa shape index (κ3) is 11.0. The van der Waals surface area contributed by atoms with Gasteiger partial charge in [0.1, 0.15) is 6.04 Å². The van der Waals surface area contributed by atoms with Crippen molar-refractivity contribution in [2.75, 3.05) is 32.9 Å². The number of amides is 1. The van der Waals surface area contributed by atoms with Gasteiger partial charge >= 0.3 is 0 Å². The Morgan fingerprint density at radius 1 is 1.12 bits per heavy atom. The Morgan fingerprint density at radius 2 is 1.67 bits per heavy atom. The number of ether oxygens (including phenoxy) is 3. The topological polar surface area (TPSA) is 74.0 Å². The number of rotatable bonds is 12. The van der Waals surface area contributed by atoms with Crippen molar-refractivity contribution in [1.29, 1.82) is 0 Å². The van der Waals surface area contributed by atoms with E-state index in [2.05, 4.69) is 13.8 Å². The third-order valence-electron chi connectivity index (χ3n) is 3.38. The highest BCUT2D eigenvalue weighted by atomic mass is 16.7. The number of nitrogens with zero attached hydrogens (tertiary/aromatic N) is 1. The fourth-order valence-electron chi connectivity index (χ4n) is 2.06. The van der Waals surface area contributed by atoms with Gasteiger partial charge in [-0.25, -0.2) is 0 Å². The molecule has 0 fully saturated rings. The second kappa shape index (κ2) is 11.8. The van der Waals surface area contributed by atoms with E-state index >= 15 is 0 Å². The molecule has 1 amide bonds. The van der Waals surface area contributed by atoms with Gasteiger partial charge in [0.15, 0.2) is 6.29 Å². The summed E-state index contributed by atoms with van der Waals surface area (Å²) in [6.07, 6.45) is 0.482. The quantitative estimate of drug-likeness (QED) is 0.549. The van der Waals surface area contributed by atoms with Gasteiger partial charge in [-0.15, -0.1) is 0 Å². The Balaban J connectivity index is 4.85. The van der Waals surface area contributed by atoms with Crippen LogP contribution in [0.15, 0.2) is 0 Å². The summed E-state index contributed by atoms with van der Waals surface area (Å²) in [6, 6.07) is -0.680. The molecule has 6 heteroatoms. The van der Waals surface area contributed by atoms with E-state index in [1.807, 2.05) is 34.6 Å². The molecule has 0 aromatic carbocycles. The van der Waals surface area contributed by atoms with Crippen LogP contribution in [0.3, 0.4) is 0 Å². The summed E-state index contributed by atoms with van der Waals surface area (Å²) in [6.45, 7) is 16.2. The second-order valence-corrected chi connectivity index (χ2v) is 7.34. The molecule has 0 saturated carbocycles. The predicted molar refractivity (Wildman–Crippen MR) is 96.8 cm³/mol. The molecular weight excluding hydrogens is 308 g/mol. The van der Waals surface area contributed by atoms with Crippen molar-refractivity contribution in [3.05, 3.63) is 0 Å². The molecule has 2 N–H and O–H groups in total. The van der Waals surface area contributed by atoms with Gasteiger partial charge in [-0.2, -0.15) is 0 Å². The van der Waals surface area contributed by atoms with Gasteiger partial charge < -0.3 is 24.8 Å². The van der Waals surface area contributed by atoms with Crippen LogP contribution >= 0.6 is 0 Å². The highest BCUT2D eigenvalue weighted by Crippen LogP contribution is 2.10. The average Bonchev–Trinajstić information content (AvgIpc) is 2.47. The molecule has 144 valence electrons. The maximum Gasteiger partial charge on any atom is 0.242 e. The Morgan fingerprint density at radius 3 is 2.08 bits per heavy atom. The first-order valence-electron chi connectivity index (χ1n) is 9.02. The molecule has 0 heterocycles. The molecule has 0 aromatic rings. The summed E-state index contributed by atoms with van der Waals surface area (Å²) in [7, 11) is 0. The first kappa shape index (κ1) is 23.3. The van der Waals surface area contributed by atoms with E-state index in [-0.39, 0.29) is 18.1 Å². The highest BCUT2D eigenvalue weighted by molar-refractivity contribution is 5.81. The van der Waals surface area contributed by atoms with Crippen LogP contribution in [0.25, 0.3) is 0 Å². The van der Waals surface area contributed by atoms with E-state index in [0.717, 1.165) is 6.42 Å².